The lowest BCUT2D eigenvalue weighted by Crippen LogP contribution is -2.28. The summed E-state index contributed by atoms with van der Waals surface area (Å²) in [6.45, 7) is 4.12. The quantitative estimate of drug-likeness (QED) is 0.914. The van der Waals surface area contributed by atoms with Crippen molar-refractivity contribution in [1.82, 2.24) is 15.5 Å². The highest BCUT2D eigenvalue weighted by Gasteiger charge is 2.38. The first-order valence-corrected chi connectivity index (χ1v) is 7.09. The van der Waals surface area contributed by atoms with E-state index >= 15 is 0 Å². The number of alkyl halides is 3. The summed E-state index contributed by atoms with van der Waals surface area (Å²) < 4.78 is 41.4. The van der Waals surface area contributed by atoms with Crippen molar-refractivity contribution in [2.45, 2.75) is 33.0 Å². The first-order chi connectivity index (χ1) is 10.8. The lowest BCUT2D eigenvalue weighted by atomic mass is 10.1. The fraction of sp³-hybridized carbons (Fsp3) is 0.400. The summed E-state index contributed by atoms with van der Waals surface area (Å²) in [5.74, 6) is -1.61. The summed E-state index contributed by atoms with van der Waals surface area (Å²) in [6.07, 6.45) is -3.91. The van der Waals surface area contributed by atoms with Gasteiger partial charge in [-0.05, 0) is 12.0 Å². The van der Waals surface area contributed by atoms with E-state index in [0.29, 0.717) is 12.1 Å². The van der Waals surface area contributed by atoms with Gasteiger partial charge in [0.05, 0.1) is 0 Å². The van der Waals surface area contributed by atoms with Crippen LogP contribution in [0.15, 0.2) is 28.8 Å². The third-order valence-electron chi connectivity index (χ3n) is 3.41. The van der Waals surface area contributed by atoms with Crippen molar-refractivity contribution in [1.29, 1.82) is 0 Å². The van der Waals surface area contributed by atoms with E-state index in [1.54, 1.807) is 24.3 Å². The van der Waals surface area contributed by atoms with Gasteiger partial charge in [0.2, 0.25) is 11.7 Å². The molecule has 2 rings (SSSR count). The van der Waals surface area contributed by atoms with Gasteiger partial charge in [0.15, 0.2) is 0 Å². The molecule has 1 N–H and O–H groups in total. The zero-order valence-electron chi connectivity index (χ0n) is 12.6. The smallest absolute Gasteiger partial charge is 0.352 e. The molecule has 0 bridgehead atoms. The molecule has 1 aromatic heterocycles. The number of rotatable bonds is 5. The van der Waals surface area contributed by atoms with Gasteiger partial charge in [-0.1, -0.05) is 43.3 Å². The lowest BCUT2D eigenvalue weighted by Gasteiger charge is -2.10. The Morgan fingerprint density at radius 3 is 2.48 bits per heavy atom. The molecule has 1 atom stereocenters. The Morgan fingerprint density at radius 2 is 1.96 bits per heavy atom. The Morgan fingerprint density at radius 1 is 1.30 bits per heavy atom. The van der Waals surface area contributed by atoms with Gasteiger partial charge < -0.3 is 9.84 Å². The van der Waals surface area contributed by atoms with Gasteiger partial charge in [0, 0.05) is 18.0 Å². The number of aromatic nitrogens is 2. The normalized spacial score (nSPS) is 12.9. The molecule has 0 fully saturated rings. The SMILES string of the molecule is CC[C@@H](C)C(=O)NCc1ccc(-c2noc(C(F)(F)F)n2)cc1. The average molecular weight is 327 g/mol. The highest BCUT2D eigenvalue weighted by Crippen LogP contribution is 2.29. The summed E-state index contributed by atoms with van der Waals surface area (Å²) in [6, 6.07) is 6.54. The Labute approximate surface area is 130 Å². The number of halogens is 3. The third-order valence-corrected chi connectivity index (χ3v) is 3.41. The second kappa shape index (κ2) is 6.80. The molecule has 1 amide bonds. The molecule has 5 nitrogen and oxygen atoms in total. The summed E-state index contributed by atoms with van der Waals surface area (Å²) in [4.78, 5) is 15.0. The Hall–Kier alpha value is -2.38. The van der Waals surface area contributed by atoms with Crippen LogP contribution in [-0.4, -0.2) is 16.0 Å². The molecule has 0 saturated heterocycles. The maximum atomic E-state index is 12.4. The maximum absolute atomic E-state index is 12.4. The van der Waals surface area contributed by atoms with Crippen LogP contribution in [0.5, 0.6) is 0 Å². The zero-order valence-corrected chi connectivity index (χ0v) is 12.6. The number of nitrogens with zero attached hydrogens (tertiary/aromatic N) is 2. The second-order valence-corrected chi connectivity index (χ2v) is 5.14. The minimum atomic E-state index is -4.66. The Kier molecular flexibility index (Phi) is 5.02. The fourth-order valence-electron chi connectivity index (χ4n) is 1.78. The zero-order chi connectivity index (χ0) is 17.0. The van der Waals surface area contributed by atoms with Crippen molar-refractivity contribution < 1.29 is 22.5 Å². The van der Waals surface area contributed by atoms with E-state index in [4.69, 9.17) is 0 Å². The van der Waals surface area contributed by atoms with E-state index < -0.39 is 12.1 Å². The lowest BCUT2D eigenvalue weighted by molar-refractivity contribution is -0.159. The molecular formula is C15H16F3N3O2. The number of benzene rings is 1. The predicted octanol–water partition coefficient (Wildman–Crippen LogP) is 3.42. The molecule has 23 heavy (non-hydrogen) atoms. The van der Waals surface area contributed by atoms with Crippen molar-refractivity contribution >= 4 is 5.91 Å². The molecule has 1 heterocycles. The van der Waals surface area contributed by atoms with Crippen LogP contribution in [0.4, 0.5) is 13.2 Å². The van der Waals surface area contributed by atoms with Crippen LogP contribution in [-0.2, 0) is 17.5 Å². The van der Waals surface area contributed by atoms with Gasteiger partial charge in [-0.3, -0.25) is 4.79 Å². The van der Waals surface area contributed by atoms with Crippen LogP contribution in [0.2, 0.25) is 0 Å². The van der Waals surface area contributed by atoms with Crippen LogP contribution in [0.1, 0.15) is 31.7 Å². The summed E-state index contributed by atoms with van der Waals surface area (Å²) >= 11 is 0. The van der Waals surface area contributed by atoms with Gasteiger partial charge >= 0.3 is 12.1 Å². The molecule has 0 radical (unpaired) electrons. The van der Waals surface area contributed by atoms with Crippen molar-refractivity contribution in [2.24, 2.45) is 5.92 Å². The minimum Gasteiger partial charge on any atom is -0.352 e. The molecule has 0 aliphatic rings. The number of amides is 1. The van der Waals surface area contributed by atoms with Crippen LogP contribution in [0.25, 0.3) is 11.4 Å². The van der Waals surface area contributed by atoms with Gasteiger partial charge in [0.25, 0.3) is 0 Å². The monoisotopic (exact) mass is 327 g/mol. The molecule has 0 unspecified atom stereocenters. The van der Waals surface area contributed by atoms with Crippen molar-refractivity contribution in [3.63, 3.8) is 0 Å². The first kappa shape index (κ1) is 17.0. The molecular weight excluding hydrogens is 311 g/mol. The highest BCUT2D eigenvalue weighted by molar-refractivity contribution is 5.78. The molecule has 0 aliphatic heterocycles. The van der Waals surface area contributed by atoms with Crippen LogP contribution >= 0.6 is 0 Å². The van der Waals surface area contributed by atoms with E-state index in [-0.39, 0.29) is 17.6 Å². The number of hydrogen-bond acceptors (Lipinski definition) is 4. The highest BCUT2D eigenvalue weighted by atomic mass is 19.4. The summed E-state index contributed by atoms with van der Waals surface area (Å²) in [5.41, 5.74) is 1.23. The van der Waals surface area contributed by atoms with E-state index in [2.05, 4.69) is 20.0 Å². The van der Waals surface area contributed by atoms with Crippen molar-refractivity contribution in [3.8, 4) is 11.4 Å². The first-order valence-electron chi connectivity index (χ1n) is 7.09. The molecule has 0 spiro atoms. The molecule has 124 valence electrons. The largest absolute Gasteiger partial charge is 0.471 e. The molecule has 0 aliphatic carbocycles. The van der Waals surface area contributed by atoms with E-state index in [0.717, 1.165) is 12.0 Å². The average Bonchev–Trinajstić information content (AvgIpc) is 3.02. The third kappa shape index (κ3) is 4.30. The molecule has 1 aromatic carbocycles. The van der Waals surface area contributed by atoms with Crippen LogP contribution in [0.3, 0.4) is 0 Å². The van der Waals surface area contributed by atoms with E-state index in [9.17, 15) is 18.0 Å². The number of carbonyl (C=O) groups is 1. The fourth-order valence-corrected chi connectivity index (χ4v) is 1.78. The summed E-state index contributed by atoms with van der Waals surface area (Å²) in [7, 11) is 0. The summed E-state index contributed by atoms with van der Waals surface area (Å²) in [5, 5.41) is 6.11. The van der Waals surface area contributed by atoms with Crippen LogP contribution in [0, 0.1) is 5.92 Å². The Bertz CT molecular complexity index is 665. The van der Waals surface area contributed by atoms with Gasteiger partial charge in [-0.15, -0.1) is 0 Å². The van der Waals surface area contributed by atoms with E-state index in [1.165, 1.54) is 0 Å². The standard InChI is InChI=1S/C15H16F3N3O2/c1-3-9(2)13(22)19-8-10-4-6-11(7-5-10)12-20-14(23-21-12)15(16,17)18/h4-7,9H,3,8H2,1-2H3,(H,19,22)/t9-/m1/s1. The van der Waals surface area contributed by atoms with Crippen molar-refractivity contribution in [2.75, 3.05) is 0 Å². The van der Waals surface area contributed by atoms with E-state index in [1.807, 2.05) is 13.8 Å². The number of carbonyl (C=O) groups excluding carboxylic acids is 1. The topological polar surface area (TPSA) is 68.0 Å². The minimum absolute atomic E-state index is 0.0374. The van der Waals surface area contributed by atoms with Crippen molar-refractivity contribution in [3.05, 3.63) is 35.7 Å². The molecule has 8 heteroatoms. The second-order valence-electron chi connectivity index (χ2n) is 5.14. The Balaban J connectivity index is 2.02. The number of nitrogens with one attached hydrogen (secondary N) is 1. The molecule has 0 saturated carbocycles. The maximum Gasteiger partial charge on any atom is 0.471 e. The number of hydrogen-bond donors (Lipinski definition) is 1. The predicted molar refractivity (Wildman–Crippen MR) is 76.0 cm³/mol. The van der Waals surface area contributed by atoms with Crippen LogP contribution < -0.4 is 5.32 Å². The van der Waals surface area contributed by atoms with Gasteiger partial charge in [0.1, 0.15) is 0 Å². The molecule has 2 aromatic rings. The van der Waals surface area contributed by atoms with Gasteiger partial charge in [-0.25, -0.2) is 0 Å². The van der Waals surface area contributed by atoms with Gasteiger partial charge in [-0.2, -0.15) is 18.2 Å².